The summed E-state index contributed by atoms with van der Waals surface area (Å²) in [7, 11) is 0. The molecule has 0 N–H and O–H groups in total. The first-order chi connectivity index (χ1) is 6.76. The monoisotopic (exact) mass is 195 g/mol. The molecule has 1 heteroatoms. The van der Waals surface area contributed by atoms with Gasteiger partial charge in [0.1, 0.15) is 0 Å². The van der Waals surface area contributed by atoms with Gasteiger partial charge in [0.05, 0.1) is 0 Å². The molecule has 0 bridgehead atoms. The lowest BCUT2D eigenvalue weighted by molar-refractivity contribution is 0.335. The van der Waals surface area contributed by atoms with E-state index in [-0.39, 0.29) is 0 Å². The second kappa shape index (κ2) is 6.10. The molecule has 0 aliphatic heterocycles. The predicted molar refractivity (Wildman–Crippen MR) is 63.3 cm³/mol. The Balaban J connectivity index is 2.24. The van der Waals surface area contributed by atoms with Gasteiger partial charge in [-0.05, 0) is 37.8 Å². The van der Waals surface area contributed by atoms with E-state index in [9.17, 15) is 0 Å². The van der Waals surface area contributed by atoms with Crippen molar-refractivity contribution in [3.8, 4) is 0 Å². The van der Waals surface area contributed by atoms with Crippen LogP contribution in [0.2, 0.25) is 0 Å². The zero-order chi connectivity index (χ0) is 10.4. The first-order valence-electron chi connectivity index (χ1n) is 6.19. The van der Waals surface area contributed by atoms with Crippen LogP contribution in [0.15, 0.2) is 11.8 Å². The van der Waals surface area contributed by atoms with E-state index in [4.69, 9.17) is 0 Å². The first-order valence-corrected chi connectivity index (χ1v) is 6.19. The van der Waals surface area contributed by atoms with E-state index in [1.165, 1.54) is 45.2 Å². The zero-order valence-corrected chi connectivity index (χ0v) is 10.1. The van der Waals surface area contributed by atoms with Crippen LogP contribution in [0.5, 0.6) is 0 Å². The van der Waals surface area contributed by atoms with E-state index in [1.54, 1.807) is 5.57 Å². The number of nitrogens with zero attached hydrogens (tertiary/aromatic N) is 1. The van der Waals surface area contributed by atoms with Crippen molar-refractivity contribution in [3.63, 3.8) is 0 Å². The molecule has 1 aliphatic carbocycles. The van der Waals surface area contributed by atoms with Gasteiger partial charge >= 0.3 is 0 Å². The smallest absolute Gasteiger partial charge is 0.0175 e. The predicted octanol–water partition coefficient (Wildman–Crippen LogP) is 3.81. The molecule has 1 unspecified atom stereocenters. The van der Waals surface area contributed by atoms with Crippen LogP contribution in [0.4, 0.5) is 0 Å². The second-order valence-corrected chi connectivity index (χ2v) is 4.63. The molecule has 0 amide bonds. The Bertz CT molecular complexity index is 178. The van der Waals surface area contributed by atoms with Gasteiger partial charge in [0.25, 0.3) is 0 Å². The Morgan fingerprint density at radius 1 is 1.29 bits per heavy atom. The van der Waals surface area contributed by atoms with Crippen molar-refractivity contribution in [2.24, 2.45) is 5.92 Å². The summed E-state index contributed by atoms with van der Waals surface area (Å²) in [6.07, 6.45) is 9.04. The largest absolute Gasteiger partial charge is 0.377 e. The van der Waals surface area contributed by atoms with E-state index >= 15 is 0 Å². The zero-order valence-electron chi connectivity index (χ0n) is 10.1. The van der Waals surface area contributed by atoms with Crippen molar-refractivity contribution in [1.29, 1.82) is 0 Å². The summed E-state index contributed by atoms with van der Waals surface area (Å²) >= 11 is 0. The lowest BCUT2D eigenvalue weighted by Crippen LogP contribution is -2.21. The Morgan fingerprint density at radius 3 is 2.50 bits per heavy atom. The van der Waals surface area contributed by atoms with Crippen LogP contribution in [0, 0.1) is 5.92 Å². The van der Waals surface area contributed by atoms with E-state index in [0.717, 1.165) is 5.92 Å². The minimum absolute atomic E-state index is 0.881. The summed E-state index contributed by atoms with van der Waals surface area (Å²) in [5, 5.41) is 0. The van der Waals surface area contributed by atoms with Gasteiger partial charge in [-0.15, -0.1) is 0 Å². The molecule has 14 heavy (non-hydrogen) atoms. The molecule has 1 aliphatic rings. The SMILES string of the molecule is CCCN(C=C1CC1)CCC(C)CC. The summed E-state index contributed by atoms with van der Waals surface area (Å²) < 4.78 is 0. The van der Waals surface area contributed by atoms with Crippen molar-refractivity contribution >= 4 is 0 Å². The summed E-state index contributed by atoms with van der Waals surface area (Å²) in [6.45, 7) is 9.40. The third-order valence-electron chi connectivity index (χ3n) is 3.02. The molecule has 0 saturated heterocycles. The van der Waals surface area contributed by atoms with Gasteiger partial charge in [0.2, 0.25) is 0 Å². The molecular formula is C13H25N. The highest BCUT2D eigenvalue weighted by Gasteiger charge is 2.12. The van der Waals surface area contributed by atoms with Gasteiger partial charge in [-0.2, -0.15) is 0 Å². The minimum atomic E-state index is 0.881. The molecule has 1 nitrogen and oxygen atoms in total. The maximum Gasteiger partial charge on any atom is 0.0175 e. The maximum absolute atomic E-state index is 2.52. The lowest BCUT2D eigenvalue weighted by atomic mass is 10.1. The van der Waals surface area contributed by atoms with E-state index in [0.29, 0.717) is 0 Å². The molecular weight excluding hydrogens is 170 g/mol. The molecule has 0 aromatic heterocycles. The lowest BCUT2D eigenvalue weighted by Gasteiger charge is -2.21. The second-order valence-electron chi connectivity index (χ2n) is 4.63. The van der Waals surface area contributed by atoms with Crippen LogP contribution in [-0.4, -0.2) is 18.0 Å². The summed E-state index contributed by atoms with van der Waals surface area (Å²) in [6, 6.07) is 0. The van der Waals surface area contributed by atoms with Gasteiger partial charge in [0.15, 0.2) is 0 Å². The van der Waals surface area contributed by atoms with Crippen LogP contribution in [0.1, 0.15) is 52.9 Å². The van der Waals surface area contributed by atoms with Crippen molar-refractivity contribution in [2.45, 2.75) is 52.9 Å². The molecule has 0 aromatic rings. The van der Waals surface area contributed by atoms with Crippen LogP contribution in [0.3, 0.4) is 0 Å². The summed E-state index contributed by atoms with van der Waals surface area (Å²) in [5.41, 5.74) is 1.66. The minimum Gasteiger partial charge on any atom is -0.377 e. The average Bonchev–Trinajstić information content (AvgIpc) is 2.98. The molecule has 0 aromatic carbocycles. The molecule has 0 radical (unpaired) electrons. The highest BCUT2D eigenvalue weighted by molar-refractivity contribution is 5.15. The Morgan fingerprint density at radius 2 is 2.00 bits per heavy atom. The topological polar surface area (TPSA) is 3.24 Å². The normalized spacial score (nSPS) is 16.6. The van der Waals surface area contributed by atoms with Crippen molar-refractivity contribution in [1.82, 2.24) is 4.90 Å². The third-order valence-corrected chi connectivity index (χ3v) is 3.02. The van der Waals surface area contributed by atoms with Gasteiger partial charge in [-0.25, -0.2) is 0 Å². The number of allylic oxidation sites excluding steroid dienone is 1. The average molecular weight is 195 g/mol. The molecule has 1 atom stereocenters. The van der Waals surface area contributed by atoms with Gasteiger partial charge in [-0.1, -0.05) is 32.8 Å². The first kappa shape index (κ1) is 11.6. The Kier molecular flexibility index (Phi) is 5.06. The van der Waals surface area contributed by atoms with Crippen molar-refractivity contribution in [2.75, 3.05) is 13.1 Å². The highest BCUT2D eigenvalue weighted by Crippen LogP contribution is 2.28. The fourth-order valence-electron chi connectivity index (χ4n) is 1.58. The molecule has 1 fully saturated rings. The Hall–Kier alpha value is -0.460. The molecule has 1 rings (SSSR count). The van der Waals surface area contributed by atoms with Crippen molar-refractivity contribution in [3.05, 3.63) is 11.8 Å². The fraction of sp³-hybridized carbons (Fsp3) is 0.846. The summed E-state index contributed by atoms with van der Waals surface area (Å²) in [4.78, 5) is 2.52. The fourth-order valence-corrected chi connectivity index (χ4v) is 1.58. The molecule has 82 valence electrons. The van der Waals surface area contributed by atoms with Crippen LogP contribution < -0.4 is 0 Å². The van der Waals surface area contributed by atoms with Crippen LogP contribution in [0.25, 0.3) is 0 Å². The van der Waals surface area contributed by atoms with Crippen molar-refractivity contribution < 1.29 is 0 Å². The molecule has 0 spiro atoms. The number of hydrogen-bond donors (Lipinski definition) is 0. The highest BCUT2D eigenvalue weighted by atomic mass is 15.1. The summed E-state index contributed by atoms with van der Waals surface area (Å²) in [5.74, 6) is 0.881. The van der Waals surface area contributed by atoms with Crippen LogP contribution >= 0.6 is 0 Å². The van der Waals surface area contributed by atoms with Gasteiger partial charge < -0.3 is 4.90 Å². The number of rotatable bonds is 7. The van der Waals surface area contributed by atoms with E-state index in [2.05, 4.69) is 31.9 Å². The van der Waals surface area contributed by atoms with Gasteiger partial charge in [-0.3, -0.25) is 0 Å². The van der Waals surface area contributed by atoms with Gasteiger partial charge in [0, 0.05) is 13.1 Å². The maximum atomic E-state index is 2.52. The quantitative estimate of drug-likeness (QED) is 0.597. The van der Waals surface area contributed by atoms with Crippen LogP contribution in [-0.2, 0) is 0 Å². The standard InChI is InChI=1S/C13H25N/c1-4-9-14(11-13-6-7-13)10-8-12(3)5-2/h11-12H,4-10H2,1-3H3. The number of hydrogen-bond acceptors (Lipinski definition) is 1. The third kappa shape index (κ3) is 4.69. The Labute approximate surface area is 89.2 Å². The van der Waals surface area contributed by atoms with E-state index < -0.39 is 0 Å². The molecule has 0 heterocycles. The molecule has 1 saturated carbocycles. The van der Waals surface area contributed by atoms with E-state index in [1.807, 2.05) is 0 Å².